The molecule has 0 saturated carbocycles. The van der Waals surface area contributed by atoms with E-state index in [1.807, 2.05) is 0 Å². The maximum absolute atomic E-state index is 12.8. The van der Waals surface area contributed by atoms with Gasteiger partial charge in [-0.05, 0) is 68.3 Å². The largest absolute Gasteiger partial charge is 0.367 e. The van der Waals surface area contributed by atoms with Crippen molar-refractivity contribution in [2.24, 2.45) is 5.92 Å². The molecule has 0 aliphatic carbocycles. The van der Waals surface area contributed by atoms with E-state index in [1.54, 1.807) is 0 Å². The predicted octanol–water partition coefficient (Wildman–Crippen LogP) is 4.60. The fourth-order valence-corrected chi connectivity index (χ4v) is 4.44. The number of ketones is 1. The first-order chi connectivity index (χ1) is 13.3. The molecule has 2 aliphatic heterocycles. The van der Waals surface area contributed by atoms with Gasteiger partial charge in [0.2, 0.25) is 0 Å². The first kappa shape index (κ1) is 18.2. The zero-order valence-electron chi connectivity index (χ0n) is 16.1. The van der Waals surface area contributed by atoms with Crippen LogP contribution in [0, 0.1) is 5.92 Å². The number of hydrogen-bond acceptors (Lipinski definition) is 3. The van der Waals surface area contributed by atoms with Crippen LogP contribution in [0.3, 0.4) is 0 Å². The van der Waals surface area contributed by atoms with Gasteiger partial charge >= 0.3 is 0 Å². The summed E-state index contributed by atoms with van der Waals surface area (Å²) in [6.45, 7) is 4.19. The van der Waals surface area contributed by atoms with Gasteiger partial charge in [0.15, 0.2) is 5.78 Å². The van der Waals surface area contributed by atoms with Gasteiger partial charge in [0, 0.05) is 30.8 Å². The van der Waals surface area contributed by atoms with Crippen molar-refractivity contribution in [2.75, 3.05) is 24.5 Å². The second kappa shape index (κ2) is 8.71. The van der Waals surface area contributed by atoms with Gasteiger partial charge in [0.1, 0.15) is 0 Å². The van der Waals surface area contributed by atoms with Gasteiger partial charge in [-0.3, -0.25) is 4.79 Å². The lowest BCUT2D eigenvalue weighted by molar-refractivity contribution is 0.0971. The monoisotopic (exact) mass is 362 g/mol. The molecule has 0 amide bonds. The summed E-state index contributed by atoms with van der Waals surface area (Å²) in [4.78, 5) is 15.2. The van der Waals surface area contributed by atoms with Gasteiger partial charge in [0.05, 0.1) is 0 Å². The molecule has 0 radical (unpaired) electrons. The van der Waals surface area contributed by atoms with E-state index in [0.717, 1.165) is 44.6 Å². The second-order valence-corrected chi connectivity index (χ2v) is 8.01. The molecule has 2 aliphatic rings. The number of piperidine rings is 1. The average Bonchev–Trinajstić information content (AvgIpc) is 2.73. The van der Waals surface area contributed by atoms with E-state index >= 15 is 0 Å². The molecule has 3 nitrogen and oxygen atoms in total. The maximum atomic E-state index is 12.8. The first-order valence-corrected chi connectivity index (χ1v) is 10.5. The molecule has 0 unspecified atom stereocenters. The minimum Gasteiger partial charge on any atom is -0.367 e. The zero-order valence-corrected chi connectivity index (χ0v) is 16.1. The number of Topliss-reactive ketones (excluding diaryl/α,β-unsaturated/α-hetero) is 1. The number of rotatable bonds is 6. The smallest absolute Gasteiger partial charge is 0.162 e. The minimum atomic E-state index is 0.307. The number of hydrogen-bond donors (Lipinski definition) is 1. The van der Waals surface area contributed by atoms with Crippen molar-refractivity contribution in [3.05, 3.63) is 65.2 Å². The van der Waals surface area contributed by atoms with Crippen LogP contribution in [0.5, 0.6) is 0 Å². The Morgan fingerprint density at radius 1 is 1.07 bits per heavy atom. The molecule has 0 atom stereocenters. The van der Waals surface area contributed by atoms with E-state index in [9.17, 15) is 4.79 Å². The summed E-state index contributed by atoms with van der Waals surface area (Å²) < 4.78 is 0. The van der Waals surface area contributed by atoms with Crippen LogP contribution in [-0.4, -0.2) is 25.4 Å². The fraction of sp³-hybridized carbons (Fsp3) is 0.458. The topological polar surface area (TPSA) is 32.3 Å². The third-order valence-electron chi connectivity index (χ3n) is 6.08. The highest BCUT2D eigenvalue weighted by Crippen LogP contribution is 2.30. The van der Waals surface area contributed by atoms with E-state index < -0.39 is 0 Å². The van der Waals surface area contributed by atoms with Crippen molar-refractivity contribution in [2.45, 2.75) is 45.1 Å². The average molecular weight is 363 g/mol. The Kier molecular flexibility index (Phi) is 5.88. The van der Waals surface area contributed by atoms with E-state index in [1.165, 1.54) is 36.1 Å². The molecule has 2 aromatic carbocycles. The van der Waals surface area contributed by atoms with E-state index in [0.29, 0.717) is 18.1 Å². The first-order valence-electron chi connectivity index (χ1n) is 10.5. The van der Waals surface area contributed by atoms with Crippen LogP contribution in [0.15, 0.2) is 48.5 Å². The van der Waals surface area contributed by atoms with Gasteiger partial charge in [-0.2, -0.15) is 0 Å². The second-order valence-electron chi connectivity index (χ2n) is 8.01. The van der Waals surface area contributed by atoms with Crippen LogP contribution in [0.2, 0.25) is 0 Å². The summed E-state index contributed by atoms with van der Waals surface area (Å²) in [6, 6.07) is 17.0. The highest BCUT2D eigenvalue weighted by molar-refractivity contribution is 5.97. The van der Waals surface area contributed by atoms with Crippen LogP contribution in [0.25, 0.3) is 0 Å². The molecule has 0 bridgehead atoms. The fourth-order valence-electron chi connectivity index (χ4n) is 4.44. The lowest BCUT2D eigenvalue weighted by Gasteiger charge is -2.32. The lowest BCUT2D eigenvalue weighted by atomic mass is 9.90. The number of nitrogens with zero attached hydrogens (tertiary/aromatic N) is 1. The van der Waals surface area contributed by atoms with Crippen molar-refractivity contribution < 1.29 is 4.79 Å². The normalized spacial score (nSPS) is 17.6. The molecule has 2 heterocycles. The highest BCUT2D eigenvalue weighted by Gasteiger charge is 2.20. The molecule has 0 spiro atoms. The van der Waals surface area contributed by atoms with Gasteiger partial charge in [0.25, 0.3) is 0 Å². The van der Waals surface area contributed by atoms with Crippen LogP contribution in [0.4, 0.5) is 5.69 Å². The van der Waals surface area contributed by atoms with Crippen LogP contribution < -0.4 is 10.2 Å². The van der Waals surface area contributed by atoms with Crippen LogP contribution in [-0.2, 0) is 13.0 Å². The number of carbonyl (C=O) groups excluding carboxylic acids is 1. The summed E-state index contributed by atoms with van der Waals surface area (Å²) in [5, 5.41) is 3.40. The highest BCUT2D eigenvalue weighted by atomic mass is 16.1. The third kappa shape index (κ3) is 4.59. The standard InChI is InChI=1S/C24H30N2O/c27-24(11-8-19-12-14-25-15-13-19)22-10-9-21-7-4-16-26(23(21)17-22)18-20-5-2-1-3-6-20/h1-3,5-6,9-10,17,19,25H,4,7-8,11-16,18H2. The van der Waals surface area contributed by atoms with Crippen molar-refractivity contribution in [3.63, 3.8) is 0 Å². The van der Waals surface area contributed by atoms with Gasteiger partial charge in [-0.15, -0.1) is 0 Å². The Morgan fingerprint density at radius 3 is 2.70 bits per heavy atom. The maximum Gasteiger partial charge on any atom is 0.162 e. The number of anilines is 1. The third-order valence-corrected chi connectivity index (χ3v) is 6.08. The number of nitrogens with one attached hydrogen (secondary N) is 1. The predicted molar refractivity (Wildman–Crippen MR) is 111 cm³/mol. The molecule has 4 rings (SSSR count). The van der Waals surface area contributed by atoms with Crippen molar-refractivity contribution in [3.8, 4) is 0 Å². The van der Waals surface area contributed by atoms with Crippen molar-refractivity contribution in [1.82, 2.24) is 5.32 Å². The van der Waals surface area contributed by atoms with Gasteiger partial charge in [-0.25, -0.2) is 0 Å². The Balaban J connectivity index is 1.45. The van der Waals surface area contributed by atoms with Crippen LogP contribution >= 0.6 is 0 Å². The summed E-state index contributed by atoms with van der Waals surface area (Å²) in [5.41, 5.74) is 4.86. The quantitative estimate of drug-likeness (QED) is 0.762. The molecule has 3 heteroatoms. The molecule has 1 N–H and O–H groups in total. The Labute approximate surface area is 162 Å². The van der Waals surface area contributed by atoms with Crippen molar-refractivity contribution >= 4 is 11.5 Å². The van der Waals surface area contributed by atoms with Crippen molar-refractivity contribution in [1.29, 1.82) is 0 Å². The molecule has 0 aromatic heterocycles. The van der Waals surface area contributed by atoms with Gasteiger partial charge < -0.3 is 10.2 Å². The number of benzene rings is 2. The lowest BCUT2D eigenvalue weighted by Crippen LogP contribution is -2.29. The summed E-state index contributed by atoms with van der Waals surface area (Å²) >= 11 is 0. The molecule has 142 valence electrons. The Bertz CT molecular complexity index is 765. The number of aryl methyl sites for hydroxylation is 1. The van der Waals surface area contributed by atoms with E-state index in [4.69, 9.17) is 0 Å². The molecular weight excluding hydrogens is 332 g/mol. The summed E-state index contributed by atoms with van der Waals surface area (Å²) in [5.74, 6) is 1.02. The molecule has 27 heavy (non-hydrogen) atoms. The summed E-state index contributed by atoms with van der Waals surface area (Å²) in [6.07, 6.45) is 6.44. The molecular formula is C24H30N2O. The van der Waals surface area contributed by atoms with E-state index in [-0.39, 0.29) is 0 Å². The molecule has 1 fully saturated rings. The number of carbonyl (C=O) groups is 1. The zero-order chi connectivity index (χ0) is 18.5. The Hall–Kier alpha value is -2.13. The van der Waals surface area contributed by atoms with Crippen LogP contribution in [0.1, 0.15) is 53.6 Å². The summed E-state index contributed by atoms with van der Waals surface area (Å²) in [7, 11) is 0. The molecule has 1 saturated heterocycles. The van der Waals surface area contributed by atoms with Gasteiger partial charge in [-0.1, -0.05) is 42.5 Å². The Morgan fingerprint density at radius 2 is 1.89 bits per heavy atom. The van der Waals surface area contributed by atoms with E-state index in [2.05, 4.69) is 58.7 Å². The minimum absolute atomic E-state index is 0.307. The SMILES string of the molecule is O=C(CCC1CCNCC1)c1ccc2c(c1)N(Cc1ccccc1)CCC2. The molecule has 2 aromatic rings. The number of fused-ring (bicyclic) bond motifs is 1.